The first kappa shape index (κ1) is 15.8. The summed E-state index contributed by atoms with van der Waals surface area (Å²) in [5.74, 6) is 1.01. The smallest absolute Gasteiger partial charge is 0.0148 e. The van der Waals surface area contributed by atoms with Crippen LogP contribution in [0, 0.1) is 0 Å². The molecule has 1 nitrogen and oxygen atoms in total. The predicted octanol–water partition coefficient (Wildman–Crippen LogP) is 4.87. The number of rotatable bonds is 6. The molecule has 0 fully saturated rings. The number of hydrogen-bond donors (Lipinski definition) is 1. The summed E-state index contributed by atoms with van der Waals surface area (Å²) in [4.78, 5) is 0. The Morgan fingerprint density at radius 2 is 1.48 bits per heavy atom. The zero-order valence-corrected chi connectivity index (χ0v) is 13.4. The van der Waals surface area contributed by atoms with E-state index in [0.29, 0.717) is 11.8 Å². The highest BCUT2D eigenvalue weighted by Crippen LogP contribution is 2.24. The van der Waals surface area contributed by atoms with Gasteiger partial charge in [-0.1, -0.05) is 75.4 Å². The summed E-state index contributed by atoms with van der Waals surface area (Å²) in [7, 11) is 0. The molecular weight excluding hydrogens is 254 g/mol. The molecular formula is C20H27N. The van der Waals surface area contributed by atoms with E-state index in [2.05, 4.69) is 75.4 Å². The van der Waals surface area contributed by atoms with Crippen LogP contribution in [-0.4, -0.2) is 6.04 Å². The van der Waals surface area contributed by atoms with Gasteiger partial charge >= 0.3 is 0 Å². The number of nitrogens with two attached hydrogens (primary N) is 1. The molecule has 0 aliphatic rings. The van der Waals surface area contributed by atoms with Gasteiger partial charge in [-0.05, 0) is 41.4 Å². The Morgan fingerprint density at radius 1 is 0.857 bits per heavy atom. The van der Waals surface area contributed by atoms with Gasteiger partial charge in [0.2, 0.25) is 0 Å². The van der Waals surface area contributed by atoms with Gasteiger partial charge in [0.25, 0.3) is 0 Å². The molecule has 2 atom stereocenters. The van der Waals surface area contributed by atoms with E-state index >= 15 is 0 Å². The van der Waals surface area contributed by atoms with Crippen LogP contribution in [0.3, 0.4) is 0 Å². The van der Waals surface area contributed by atoms with Crippen LogP contribution in [0.2, 0.25) is 0 Å². The molecule has 2 aromatic rings. The zero-order chi connectivity index (χ0) is 15.2. The zero-order valence-electron chi connectivity index (χ0n) is 13.4. The van der Waals surface area contributed by atoms with Crippen LogP contribution in [-0.2, 0) is 6.42 Å². The third kappa shape index (κ3) is 4.18. The van der Waals surface area contributed by atoms with Crippen molar-refractivity contribution in [2.45, 2.75) is 51.5 Å². The second-order valence-electron chi connectivity index (χ2n) is 6.19. The molecule has 2 unspecified atom stereocenters. The van der Waals surface area contributed by atoms with Crippen molar-refractivity contribution in [1.82, 2.24) is 0 Å². The Balaban J connectivity index is 2.07. The maximum absolute atomic E-state index is 6.49. The second-order valence-corrected chi connectivity index (χ2v) is 6.19. The molecule has 2 N–H and O–H groups in total. The van der Waals surface area contributed by atoms with E-state index < -0.39 is 0 Å². The summed E-state index contributed by atoms with van der Waals surface area (Å²) < 4.78 is 0. The third-order valence-electron chi connectivity index (χ3n) is 4.30. The summed E-state index contributed by atoms with van der Waals surface area (Å²) in [5.41, 5.74) is 10.6. The van der Waals surface area contributed by atoms with Crippen molar-refractivity contribution in [2.75, 3.05) is 0 Å². The molecule has 2 rings (SSSR count). The second kappa shape index (κ2) is 7.42. The fourth-order valence-corrected chi connectivity index (χ4v) is 2.94. The van der Waals surface area contributed by atoms with Crippen molar-refractivity contribution in [1.29, 1.82) is 0 Å². The normalized spacial score (nSPS) is 14.1. The Labute approximate surface area is 129 Å². The Morgan fingerprint density at radius 3 is 2.00 bits per heavy atom. The lowest BCUT2D eigenvalue weighted by atomic mass is 9.86. The van der Waals surface area contributed by atoms with E-state index in [9.17, 15) is 0 Å². The molecule has 0 spiro atoms. The third-order valence-corrected chi connectivity index (χ3v) is 4.30. The van der Waals surface area contributed by atoms with E-state index in [-0.39, 0.29) is 6.04 Å². The van der Waals surface area contributed by atoms with Gasteiger partial charge in [0, 0.05) is 6.04 Å². The molecule has 112 valence electrons. The average molecular weight is 281 g/mol. The molecule has 2 aromatic carbocycles. The van der Waals surface area contributed by atoms with Crippen LogP contribution in [0.25, 0.3) is 0 Å². The van der Waals surface area contributed by atoms with Crippen LogP contribution < -0.4 is 5.73 Å². The molecule has 21 heavy (non-hydrogen) atoms. The van der Waals surface area contributed by atoms with Gasteiger partial charge in [-0.15, -0.1) is 0 Å². The lowest BCUT2D eigenvalue weighted by Gasteiger charge is -2.23. The molecule has 0 amide bonds. The topological polar surface area (TPSA) is 26.0 Å². The Kier molecular flexibility index (Phi) is 5.58. The van der Waals surface area contributed by atoms with Gasteiger partial charge in [0.15, 0.2) is 0 Å². The minimum absolute atomic E-state index is 0.169. The predicted molar refractivity (Wildman–Crippen MR) is 91.7 cm³/mol. The lowest BCUT2D eigenvalue weighted by molar-refractivity contribution is 0.515. The van der Waals surface area contributed by atoms with E-state index in [0.717, 1.165) is 12.8 Å². The van der Waals surface area contributed by atoms with Gasteiger partial charge in [0.05, 0.1) is 0 Å². The maximum Gasteiger partial charge on any atom is 0.0148 e. The molecule has 0 aliphatic carbocycles. The largest absolute Gasteiger partial charge is 0.327 e. The van der Waals surface area contributed by atoms with Crippen molar-refractivity contribution < 1.29 is 0 Å². The van der Waals surface area contributed by atoms with Gasteiger partial charge in [-0.3, -0.25) is 0 Å². The van der Waals surface area contributed by atoms with E-state index in [4.69, 9.17) is 5.73 Å². The van der Waals surface area contributed by atoms with Crippen LogP contribution >= 0.6 is 0 Å². The molecule has 0 bridgehead atoms. The van der Waals surface area contributed by atoms with Gasteiger partial charge in [0.1, 0.15) is 0 Å². The highest BCUT2D eigenvalue weighted by Gasteiger charge is 2.18. The minimum atomic E-state index is 0.169. The van der Waals surface area contributed by atoms with Crippen LogP contribution in [0.1, 0.15) is 55.7 Å². The summed E-state index contributed by atoms with van der Waals surface area (Å²) in [6, 6.07) is 19.7. The molecule has 1 heteroatoms. The summed E-state index contributed by atoms with van der Waals surface area (Å²) in [6.45, 7) is 6.67. The van der Waals surface area contributed by atoms with Crippen molar-refractivity contribution >= 4 is 0 Å². The maximum atomic E-state index is 6.49. The van der Waals surface area contributed by atoms with Crippen LogP contribution in [0.4, 0.5) is 0 Å². The van der Waals surface area contributed by atoms with Crippen LogP contribution in [0.15, 0.2) is 54.6 Å². The lowest BCUT2D eigenvalue weighted by Crippen LogP contribution is -2.30. The first-order valence-electron chi connectivity index (χ1n) is 8.01. The summed E-state index contributed by atoms with van der Waals surface area (Å²) in [6.07, 6.45) is 2.01. The average Bonchev–Trinajstić information content (AvgIpc) is 2.49. The molecule has 0 aliphatic heterocycles. The Bertz CT molecular complexity index is 528. The minimum Gasteiger partial charge on any atom is -0.327 e. The summed E-state index contributed by atoms with van der Waals surface area (Å²) >= 11 is 0. The van der Waals surface area contributed by atoms with E-state index in [1.54, 1.807) is 0 Å². The fourth-order valence-electron chi connectivity index (χ4n) is 2.94. The molecule has 0 aromatic heterocycles. The molecule has 0 saturated carbocycles. The van der Waals surface area contributed by atoms with E-state index in [1.165, 1.54) is 16.7 Å². The first-order chi connectivity index (χ1) is 10.1. The molecule has 0 radical (unpaired) electrons. The molecule has 0 heterocycles. The van der Waals surface area contributed by atoms with Crippen molar-refractivity contribution in [3.05, 3.63) is 71.3 Å². The van der Waals surface area contributed by atoms with E-state index in [1.807, 2.05) is 0 Å². The highest BCUT2D eigenvalue weighted by atomic mass is 14.6. The standard InChI is InChI=1S/C20H27N/c1-4-19(18-8-6-5-7-9-18)20(21)14-16-10-12-17(13-11-16)15(2)3/h5-13,15,19-20H,4,14,21H2,1-3H3. The number of hydrogen-bond acceptors (Lipinski definition) is 1. The Hall–Kier alpha value is -1.60. The van der Waals surface area contributed by atoms with Gasteiger partial charge in [-0.25, -0.2) is 0 Å². The monoisotopic (exact) mass is 281 g/mol. The SMILES string of the molecule is CCC(c1ccccc1)C(N)Cc1ccc(C(C)C)cc1. The van der Waals surface area contributed by atoms with Crippen molar-refractivity contribution in [2.24, 2.45) is 5.73 Å². The van der Waals surface area contributed by atoms with Crippen molar-refractivity contribution in [3.8, 4) is 0 Å². The fraction of sp³-hybridized carbons (Fsp3) is 0.400. The van der Waals surface area contributed by atoms with Crippen molar-refractivity contribution in [3.63, 3.8) is 0 Å². The van der Waals surface area contributed by atoms with Gasteiger partial charge in [-0.2, -0.15) is 0 Å². The quantitative estimate of drug-likeness (QED) is 0.803. The molecule has 0 saturated heterocycles. The van der Waals surface area contributed by atoms with Crippen LogP contribution in [0.5, 0.6) is 0 Å². The first-order valence-corrected chi connectivity index (χ1v) is 8.01. The van der Waals surface area contributed by atoms with Gasteiger partial charge < -0.3 is 5.73 Å². The highest BCUT2D eigenvalue weighted by molar-refractivity contribution is 5.27. The number of benzene rings is 2. The summed E-state index contributed by atoms with van der Waals surface area (Å²) in [5, 5.41) is 0.